The van der Waals surface area contributed by atoms with Gasteiger partial charge in [0, 0.05) is 10.7 Å². The summed E-state index contributed by atoms with van der Waals surface area (Å²) in [6, 6.07) is 7.53. The van der Waals surface area contributed by atoms with E-state index in [0.717, 1.165) is 16.3 Å². The van der Waals surface area contributed by atoms with Crippen molar-refractivity contribution in [1.82, 2.24) is 0 Å². The first-order valence-corrected chi connectivity index (χ1v) is 8.98. The molecule has 0 bridgehead atoms. The zero-order valence-corrected chi connectivity index (χ0v) is 14.2. The van der Waals surface area contributed by atoms with Gasteiger partial charge in [-0.1, -0.05) is 35.0 Å². The molecule has 0 aliphatic rings. The van der Waals surface area contributed by atoms with Crippen molar-refractivity contribution in [3.8, 4) is 0 Å². The molecular formula is C14H19BrO4S. The predicted octanol–water partition coefficient (Wildman–Crippen LogP) is 3.22. The van der Waals surface area contributed by atoms with E-state index in [-0.39, 0.29) is 12.3 Å². The van der Waals surface area contributed by atoms with E-state index in [9.17, 15) is 18.3 Å². The molecule has 0 aromatic heterocycles. The lowest BCUT2D eigenvalue weighted by molar-refractivity contribution is -0.139. The molecule has 1 aromatic carbocycles. The van der Waals surface area contributed by atoms with E-state index in [1.54, 1.807) is 0 Å². The number of rotatable bonds is 6. The second-order valence-electron chi connectivity index (χ2n) is 5.17. The van der Waals surface area contributed by atoms with Gasteiger partial charge in [-0.2, -0.15) is 0 Å². The van der Waals surface area contributed by atoms with Gasteiger partial charge in [-0.05, 0) is 43.4 Å². The molecule has 20 heavy (non-hydrogen) atoms. The quantitative estimate of drug-likeness (QED) is 0.842. The van der Waals surface area contributed by atoms with Crippen LogP contribution in [-0.2, 0) is 14.6 Å². The number of sulfone groups is 1. The molecule has 1 aromatic rings. The Bertz CT molecular complexity index is 580. The molecule has 1 unspecified atom stereocenters. The number of benzene rings is 1. The first kappa shape index (κ1) is 17.2. The zero-order valence-electron chi connectivity index (χ0n) is 11.8. The average Bonchev–Trinajstić information content (AvgIpc) is 2.35. The van der Waals surface area contributed by atoms with Gasteiger partial charge in [0.25, 0.3) is 0 Å². The summed E-state index contributed by atoms with van der Waals surface area (Å²) in [4.78, 5) is 11.4. The highest BCUT2D eigenvalue weighted by Gasteiger charge is 2.45. The van der Waals surface area contributed by atoms with Gasteiger partial charge in [-0.15, -0.1) is 0 Å². The third-order valence-electron chi connectivity index (χ3n) is 3.74. The first-order valence-electron chi connectivity index (χ1n) is 6.30. The van der Waals surface area contributed by atoms with Gasteiger partial charge < -0.3 is 5.11 Å². The van der Waals surface area contributed by atoms with E-state index in [4.69, 9.17) is 0 Å². The summed E-state index contributed by atoms with van der Waals surface area (Å²) in [7, 11) is -3.69. The largest absolute Gasteiger partial charge is 0.480 e. The smallest absolute Gasteiger partial charge is 0.324 e. The molecule has 0 saturated heterocycles. The van der Waals surface area contributed by atoms with Crippen LogP contribution in [0.3, 0.4) is 0 Å². The fraction of sp³-hybridized carbons (Fsp3) is 0.500. The number of carboxylic acids is 1. The van der Waals surface area contributed by atoms with E-state index in [0.29, 0.717) is 6.42 Å². The molecule has 0 spiro atoms. The molecule has 6 heteroatoms. The van der Waals surface area contributed by atoms with Crippen molar-refractivity contribution in [3.63, 3.8) is 0 Å². The van der Waals surface area contributed by atoms with Crippen molar-refractivity contribution in [2.24, 2.45) is 0 Å². The van der Waals surface area contributed by atoms with E-state index in [2.05, 4.69) is 15.9 Å². The number of hydrogen-bond acceptors (Lipinski definition) is 3. The number of halogens is 1. The van der Waals surface area contributed by atoms with Crippen molar-refractivity contribution < 1.29 is 18.3 Å². The topological polar surface area (TPSA) is 71.4 Å². The number of carboxylic acid groups (broad SMARTS) is 1. The second-order valence-corrected chi connectivity index (χ2v) is 8.53. The number of carbonyl (C=O) groups is 1. The second kappa shape index (κ2) is 6.26. The summed E-state index contributed by atoms with van der Waals surface area (Å²) in [5.41, 5.74) is 0.951. The fourth-order valence-electron chi connectivity index (χ4n) is 2.10. The minimum Gasteiger partial charge on any atom is -0.480 e. The van der Waals surface area contributed by atoms with Crippen LogP contribution in [0, 0.1) is 0 Å². The Labute approximate surface area is 128 Å². The van der Waals surface area contributed by atoms with Crippen molar-refractivity contribution >= 4 is 31.7 Å². The van der Waals surface area contributed by atoms with Crippen LogP contribution in [0.25, 0.3) is 0 Å². The summed E-state index contributed by atoms with van der Waals surface area (Å²) in [5, 5.41) is 9.32. The Morgan fingerprint density at radius 3 is 2.20 bits per heavy atom. The molecule has 0 fully saturated rings. The van der Waals surface area contributed by atoms with Crippen LogP contribution in [0.4, 0.5) is 0 Å². The number of hydrogen-bond donors (Lipinski definition) is 1. The van der Waals surface area contributed by atoms with Gasteiger partial charge in [-0.3, -0.25) is 4.79 Å². The van der Waals surface area contributed by atoms with Gasteiger partial charge in [0.15, 0.2) is 14.6 Å². The summed E-state index contributed by atoms with van der Waals surface area (Å²) < 4.78 is 22.9. The molecule has 0 heterocycles. The van der Waals surface area contributed by atoms with Crippen molar-refractivity contribution in [3.05, 3.63) is 34.3 Å². The molecule has 0 aliphatic heterocycles. The van der Waals surface area contributed by atoms with Crippen LogP contribution in [0.5, 0.6) is 0 Å². The molecule has 0 radical (unpaired) electrons. The van der Waals surface area contributed by atoms with Crippen LogP contribution < -0.4 is 0 Å². The predicted molar refractivity (Wildman–Crippen MR) is 82.7 cm³/mol. The Morgan fingerprint density at radius 2 is 1.85 bits per heavy atom. The van der Waals surface area contributed by atoms with Gasteiger partial charge >= 0.3 is 5.97 Å². The van der Waals surface area contributed by atoms with E-state index in [1.807, 2.05) is 31.2 Å². The Kier molecular flexibility index (Phi) is 5.38. The standard InChI is InChI=1S/C14H19BrO4S/c1-4-10(11-5-7-12(15)8-6-11)9-14(2,13(16)17)20(3,18)19/h5-8,10H,4,9H2,1-3H3,(H,16,17)/t10?,14-/m1/s1. The maximum absolute atomic E-state index is 11.8. The van der Waals surface area contributed by atoms with E-state index in [1.165, 1.54) is 6.92 Å². The maximum atomic E-state index is 11.8. The number of aliphatic carboxylic acids is 1. The Hall–Kier alpha value is -0.880. The molecule has 0 saturated carbocycles. The van der Waals surface area contributed by atoms with E-state index < -0.39 is 20.6 Å². The van der Waals surface area contributed by atoms with Crippen LogP contribution in [0.15, 0.2) is 28.7 Å². The third kappa shape index (κ3) is 3.61. The van der Waals surface area contributed by atoms with Crippen LogP contribution in [0.2, 0.25) is 0 Å². The summed E-state index contributed by atoms with van der Waals surface area (Å²) in [5.74, 6) is -1.41. The molecule has 0 amide bonds. The lowest BCUT2D eigenvalue weighted by Crippen LogP contribution is -2.44. The van der Waals surface area contributed by atoms with Gasteiger partial charge in [0.2, 0.25) is 0 Å². The van der Waals surface area contributed by atoms with Gasteiger partial charge in [0.1, 0.15) is 0 Å². The zero-order chi connectivity index (χ0) is 15.6. The molecular weight excluding hydrogens is 344 g/mol. The lowest BCUT2D eigenvalue weighted by Gasteiger charge is -2.27. The average molecular weight is 363 g/mol. The monoisotopic (exact) mass is 362 g/mol. The summed E-state index contributed by atoms with van der Waals surface area (Å²) in [6.07, 6.45) is 1.73. The maximum Gasteiger partial charge on any atom is 0.324 e. The SMILES string of the molecule is CCC(C[C@](C)(C(=O)O)S(C)(=O)=O)c1ccc(Br)cc1. The normalized spacial score (nSPS) is 16.4. The van der Waals surface area contributed by atoms with Gasteiger partial charge in [0.05, 0.1) is 0 Å². The van der Waals surface area contributed by atoms with Crippen LogP contribution in [0.1, 0.15) is 38.2 Å². The lowest BCUT2D eigenvalue weighted by atomic mass is 9.87. The minimum atomic E-state index is -3.69. The molecule has 112 valence electrons. The highest BCUT2D eigenvalue weighted by atomic mass is 79.9. The highest BCUT2D eigenvalue weighted by Crippen LogP contribution is 2.34. The molecule has 0 aliphatic carbocycles. The molecule has 1 N–H and O–H groups in total. The first-order chi connectivity index (χ1) is 9.11. The van der Waals surface area contributed by atoms with Crippen molar-refractivity contribution in [2.75, 3.05) is 6.26 Å². The molecule has 2 atom stereocenters. The fourth-order valence-corrected chi connectivity index (χ4v) is 3.19. The van der Waals surface area contributed by atoms with Gasteiger partial charge in [-0.25, -0.2) is 8.42 Å². The van der Waals surface area contributed by atoms with Crippen molar-refractivity contribution in [2.45, 2.75) is 37.4 Å². The summed E-state index contributed by atoms with van der Waals surface area (Å²) in [6.45, 7) is 3.21. The minimum absolute atomic E-state index is 0.0687. The van der Waals surface area contributed by atoms with Crippen LogP contribution in [-0.4, -0.2) is 30.5 Å². The Balaban J connectivity index is 3.14. The van der Waals surface area contributed by atoms with Crippen molar-refractivity contribution in [1.29, 1.82) is 0 Å². The molecule has 1 rings (SSSR count). The van der Waals surface area contributed by atoms with Crippen LogP contribution >= 0.6 is 15.9 Å². The third-order valence-corrected chi connectivity index (χ3v) is 6.25. The van der Waals surface area contributed by atoms with E-state index >= 15 is 0 Å². The molecule has 4 nitrogen and oxygen atoms in total. The highest BCUT2D eigenvalue weighted by molar-refractivity contribution is 9.10. The Morgan fingerprint density at radius 1 is 1.35 bits per heavy atom. The summed E-state index contributed by atoms with van der Waals surface area (Å²) >= 11 is 3.34.